The summed E-state index contributed by atoms with van der Waals surface area (Å²) >= 11 is 0. The van der Waals surface area contributed by atoms with E-state index in [-0.39, 0.29) is 18.9 Å². The molecular formula is C23H23N3O3. The average Bonchev–Trinajstić information content (AvgIpc) is 3.13. The van der Waals surface area contributed by atoms with Gasteiger partial charge in [0.25, 0.3) is 5.91 Å². The van der Waals surface area contributed by atoms with E-state index in [0.717, 1.165) is 48.2 Å². The molecule has 6 nitrogen and oxygen atoms in total. The number of hydrogen-bond acceptors (Lipinski definition) is 3. The van der Waals surface area contributed by atoms with E-state index in [1.54, 1.807) is 6.07 Å². The zero-order valence-corrected chi connectivity index (χ0v) is 16.1. The number of aliphatic carboxylic acids is 1. The summed E-state index contributed by atoms with van der Waals surface area (Å²) in [5.41, 5.74) is 5.07. The van der Waals surface area contributed by atoms with Crippen molar-refractivity contribution in [1.29, 1.82) is 0 Å². The van der Waals surface area contributed by atoms with Crippen LogP contribution in [0.2, 0.25) is 0 Å². The average molecular weight is 389 g/mol. The van der Waals surface area contributed by atoms with Crippen LogP contribution in [0.15, 0.2) is 54.6 Å². The summed E-state index contributed by atoms with van der Waals surface area (Å²) in [5.74, 6) is -1.11. The zero-order chi connectivity index (χ0) is 20.2. The van der Waals surface area contributed by atoms with Gasteiger partial charge in [0.15, 0.2) is 5.69 Å². The van der Waals surface area contributed by atoms with Crippen LogP contribution in [0.3, 0.4) is 0 Å². The van der Waals surface area contributed by atoms with Crippen molar-refractivity contribution >= 4 is 11.9 Å². The van der Waals surface area contributed by atoms with E-state index in [4.69, 9.17) is 5.11 Å². The first-order chi connectivity index (χ1) is 14.1. The molecule has 2 aromatic carbocycles. The first-order valence-corrected chi connectivity index (χ1v) is 9.86. The van der Waals surface area contributed by atoms with Crippen molar-refractivity contribution < 1.29 is 14.7 Å². The monoisotopic (exact) mass is 389 g/mol. The smallest absolute Gasteiger partial charge is 0.307 e. The Morgan fingerprint density at radius 1 is 0.966 bits per heavy atom. The Labute approximate surface area is 169 Å². The summed E-state index contributed by atoms with van der Waals surface area (Å²) in [6, 6.07) is 17.1. The highest BCUT2D eigenvalue weighted by Crippen LogP contribution is 2.27. The maximum atomic E-state index is 13.0. The number of amides is 1. The van der Waals surface area contributed by atoms with Gasteiger partial charge in [0.2, 0.25) is 0 Å². The predicted octanol–water partition coefficient (Wildman–Crippen LogP) is 3.31. The summed E-state index contributed by atoms with van der Waals surface area (Å²) in [7, 11) is 0. The normalized spacial score (nSPS) is 13.0. The molecule has 0 saturated carbocycles. The zero-order valence-electron chi connectivity index (χ0n) is 16.1. The molecule has 1 amide bonds. The van der Waals surface area contributed by atoms with E-state index in [0.29, 0.717) is 11.3 Å². The van der Waals surface area contributed by atoms with Crippen molar-refractivity contribution in [2.45, 2.75) is 38.6 Å². The molecule has 6 heteroatoms. The van der Waals surface area contributed by atoms with Crippen molar-refractivity contribution in [3.05, 3.63) is 82.7 Å². The number of benzene rings is 2. The molecule has 1 aliphatic rings. The van der Waals surface area contributed by atoms with Crippen molar-refractivity contribution in [2.24, 2.45) is 0 Å². The molecule has 0 radical (unpaired) electrons. The highest BCUT2D eigenvalue weighted by atomic mass is 16.4. The quantitative estimate of drug-likeness (QED) is 0.677. The fourth-order valence-electron chi connectivity index (χ4n) is 3.89. The van der Waals surface area contributed by atoms with Crippen LogP contribution in [0.25, 0.3) is 5.69 Å². The van der Waals surface area contributed by atoms with Crippen LogP contribution in [0.1, 0.15) is 45.7 Å². The third-order valence-corrected chi connectivity index (χ3v) is 5.30. The van der Waals surface area contributed by atoms with Crippen molar-refractivity contribution in [1.82, 2.24) is 15.1 Å². The lowest BCUT2D eigenvalue weighted by atomic mass is 9.95. The van der Waals surface area contributed by atoms with Crippen LogP contribution in [0, 0.1) is 0 Å². The van der Waals surface area contributed by atoms with Crippen molar-refractivity contribution in [3.63, 3.8) is 0 Å². The number of nitrogens with one attached hydrogen (secondary N) is 1. The van der Waals surface area contributed by atoms with Crippen LogP contribution in [-0.4, -0.2) is 26.8 Å². The molecule has 0 atom stereocenters. The van der Waals surface area contributed by atoms with Crippen molar-refractivity contribution in [3.8, 4) is 5.69 Å². The molecule has 0 unspecified atom stereocenters. The number of carbonyl (C=O) groups is 2. The molecule has 0 spiro atoms. The van der Waals surface area contributed by atoms with E-state index in [1.165, 1.54) is 0 Å². The number of nitrogens with zero attached hydrogens (tertiary/aromatic N) is 2. The van der Waals surface area contributed by atoms with E-state index < -0.39 is 5.97 Å². The molecule has 3 aromatic rings. The fourth-order valence-corrected chi connectivity index (χ4v) is 3.89. The fraction of sp³-hybridized carbons (Fsp3) is 0.261. The van der Waals surface area contributed by atoms with E-state index in [9.17, 15) is 9.59 Å². The highest BCUT2D eigenvalue weighted by molar-refractivity contribution is 5.94. The maximum absolute atomic E-state index is 13.0. The second-order valence-corrected chi connectivity index (χ2v) is 7.25. The number of carbonyl (C=O) groups excluding carboxylic acids is 1. The standard InChI is InChI=1S/C23H23N3O3/c27-21(28)14-16-8-4-5-9-17(16)15-24-23(29)22-19-12-6-7-13-20(19)26(25-22)18-10-2-1-3-11-18/h1-5,8-11H,6-7,12-15H2,(H,24,29)(H,27,28). The molecule has 148 valence electrons. The van der Waals surface area contributed by atoms with Gasteiger partial charge in [-0.2, -0.15) is 5.10 Å². The SMILES string of the molecule is O=C(O)Cc1ccccc1CNC(=O)c1nn(-c2ccccc2)c2c1CCCC2. The number of carboxylic acid groups (broad SMARTS) is 1. The molecule has 2 N–H and O–H groups in total. The number of para-hydroxylation sites is 1. The van der Waals surface area contributed by atoms with Gasteiger partial charge in [-0.15, -0.1) is 0 Å². The van der Waals surface area contributed by atoms with Gasteiger partial charge in [0.05, 0.1) is 12.1 Å². The Hall–Kier alpha value is -3.41. The summed E-state index contributed by atoms with van der Waals surface area (Å²) < 4.78 is 1.89. The van der Waals surface area contributed by atoms with E-state index in [1.807, 2.05) is 53.2 Å². The van der Waals surface area contributed by atoms with Gasteiger partial charge >= 0.3 is 5.97 Å². The number of carboxylic acids is 1. The van der Waals surface area contributed by atoms with Gasteiger partial charge in [0, 0.05) is 17.8 Å². The third-order valence-electron chi connectivity index (χ3n) is 5.30. The van der Waals surface area contributed by atoms with Gasteiger partial charge in [-0.05, 0) is 48.9 Å². The molecule has 1 aromatic heterocycles. The number of rotatable bonds is 6. The Bertz CT molecular complexity index is 1040. The molecule has 0 aliphatic heterocycles. The summed E-state index contributed by atoms with van der Waals surface area (Å²) in [4.78, 5) is 24.0. The Balaban J connectivity index is 1.59. The Morgan fingerprint density at radius 3 is 2.41 bits per heavy atom. The van der Waals surface area contributed by atoms with Gasteiger partial charge in [-0.3, -0.25) is 9.59 Å². The lowest BCUT2D eigenvalue weighted by molar-refractivity contribution is -0.136. The molecule has 1 aliphatic carbocycles. The minimum absolute atomic E-state index is 0.0654. The molecule has 0 saturated heterocycles. The maximum Gasteiger partial charge on any atom is 0.307 e. The lowest BCUT2D eigenvalue weighted by Crippen LogP contribution is -2.25. The van der Waals surface area contributed by atoms with Crippen LogP contribution in [0.4, 0.5) is 0 Å². The molecule has 4 rings (SSSR count). The van der Waals surface area contributed by atoms with Gasteiger partial charge in [-0.25, -0.2) is 4.68 Å². The molecular weight excluding hydrogens is 366 g/mol. The topological polar surface area (TPSA) is 84.2 Å². The first kappa shape index (κ1) is 18.9. The highest BCUT2D eigenvalue weighted by Gasteiger charge is 2.25. The van der Waals surface area contributed by atoms with Crippen LogP contribution < -0.4 is 5.32 Å². The molecule has 0 bridgehead atoms. The Kier molecular flexibility index (Phi) is 5.42. The third kappa shape index (κ3) is 4.06. The number of fused-ring (bicyclic) bond motifs is 1. The predicted molar refractivity (Wildman–Crippen MR) is 109 cm³/mol. The van der Waals surface area contributed by atoms with Gasteiger partial charge in [-0.1, -0.05) is 42.5 Å². The van der Waals surface area contributed by atoms with Gasteiger partial charge < -0.3 is 10.4 Å². The van der Waals surface area contributed by atoms with Crippen LogP contribution in [0.5, 0.6) is 0 Å². The molecule has 29 heavy (non-hydrogen) atoms. The van der Waals surface area contributed by atoms with Crippen LogP contribution >= 0.6 is 0 Å². The lowest BCUT2D eigenvalue weighted by Gasteiger charge is -2.14. The van der Waals surface area contributed by atoms with Crippen LogP contribution in [-0.2, 0) is 30.6 Å². The summed E-state index contributed by atoms with van der Waals surface area (Å²) in [6.07, 6.45) is 3.83. The van der Waals surface area contributed by atoms with Gasteiger partial charge in [0.1, 0.15) is 0 Å². The summed E-state index contributed by atoms with van der Waals surface area (Å²) in [6.45, 7) is 0.273. The molecule has 1 heterocycles. The van der Waals surface area contributed by atoms with Crippen molar-refractivity contribution in [2.75, 3.05) is 0 Å². The Morgan fingerprint density at radius 2 is 1.66 bits per heavy atom. The number of hydrogen-bond donors (Lipinski definition) is 2. The van der Waals surface area contributed by atoms with E-state index >= 15 is 0 Å². The first-order valence-electron chi connectivity index (χ1n) is 9.86. The second-order valence-electron chi connectivity index (χ2n) is 7.25. The largest absolute Gasteiger partial charge is 0.481 e. The summed E-state index contributed by atoms with van der Waals surface area (Å²) in [5, 5.41) is 16.7. The van der Waals surface area contributed by atoms with E-state index in [2.05, 4.69) is 10.4 Å². The second kappa shape index (κ2) is 8.31. The molecule has 0 fully saturated rings. The minimum Gasteiger partial charge on any atom is -0.481 e. The minimum atomic E-state index is -0.889. The number of aromatic nitrogens is 2.